The molecule has 0 atom stereocenters. The number of hydrogen-bond donors (Lipinski definition) is 0. The maximum atomic E-state index is 12.7. The van der Waals surface area contributed by atoms with Crippen molar-refractivity contribution in [1.29, 1.82) is 0 Å². The first-order valence-electron chi connectivity index (χ1n) is 5.10. The second-order valence-corrected chi connectivity index (χ2v) is 6.41. The molecule has 0 unspecified atom stereocenters. The van der Waals surface area contributed by atoms with Gasteiger partial charge in [0.15, 0.2) is 5.17 Å². The Bertz CT molecular complexity index is 667. The molecule has 0 fully saturated rings. The van der Waals surface area contributed by atoms with E-state index in [-0.39, 0.29) is 12.1 Å². The fourth-order valence-electron chi connectivity index (χ4n) is 1.32. The number of hydrogen-bond acceptors (Lipinski definition) is 5. The lowest BCUT2D eigenvalue weighted by atomic mass is 10.1. The Morgan fingerprint density at radius 2 is 1.43 bits per heavy atom. The maximum Gasteiger partial charge on any atom is 0.416 e. The molecule has 1 rings (SSSR count). The molecule has 0 bridgehead atoms. The molecule has 0 aliphatic rings. The maximum absolute atomic E-state index is 12.7. The van der Waals surface area contributed by atoms with Crippen LogP contribution in [-0.2, 0) is 6.18 Å². The van der Waals surface area contributed by atoms with Crippen LogP contribution < -0.4 is 0 Å². The van der Waals surface area contributed by atoms with Gasteiger partial charge in [-0.05, 0) is 0 Å². The largest absolute Gasteiger partial charge is 0.416 e. The second-order valence-electron chi connectivity index (χ2n) is 3.78. The number of halogens is 7. The van der Waals surface area contributed by atoms with Gasteiger partial charge in [-0.15, -0.1) is 0 Å². The molecular weight excluding hydrogens is 413 g/mol. The van der Waals surface area contributed by atoms with Gasteiger partial charge in [-0.1, -0.05) is 46.4 Å². The molecule has 0 radical (unpaired) electrons. The highest BCUT2D eigenvalue weighted by atomic mass is 35.6. The van der Waals surface area contributed by atoms with Gasteiger partial charge in [0, 0.05) is 12.1 Å². The summed E-state index contributed by atoms with van der Waals surface area (Å²) in [6, 6.07) is 0.128. The Morgan fingerprint density at radius 1 is 1.04 bits per heavy atom. The minimum atomic E-state index is -5.06. The van der Waals surface area contributed by atoms with Gasteiger partial charge in [0.1, 0.15) is 0 Å². The van der Waals surface area contributed by atoms with E-state index in [0.717, 1.165) is 0 Å². The molecule has 1 aromatic carbocycles. The van der Waals surface area contributed by atoms with Crippen molar-refractivity contribution in [3.8, 4) is 0 Å². The highest BCUT2D eigenvalue weighted by molar-refractivity contribution is 6.89. The van der Waals surface area contributed by atoms with E-state index in [0.29, 0.717) is 0 Å². The van der Waals surface area contributed by atoms with Gasteiger partial charge in [0.2, 0.25) is 9.48 Å². The first kappa shape index (κ1) is 19.7. The van der Waals surface area contributed by atoms with E-state index >= 15 is 0 Å². The first-order chi connectivity index (χ1) is 10.2. The summed E-state index contributed by atoms with van der Waals surface area (Å²) < 4.78 is 35.7. The third kappa shape index (κ3) is 4.80. The van der Waals surface area contributed by atoms with E-state index in [1.54, 1.807) is 0 Å². The van der Waals surface area contributed by atoms with E-state index in [1.807, 2.05) is 0 Å². The van der Waals surface area contributed by atoms with Gasteiger partial charge in [-0.2, -0.15) is 13.2 Å². The third-order valence-corrected chi connectivity index (χ3v) is 3.43. The van der Waals surface area contributed by atoms with Crippen LogP contribution in [0.2, 0.25) is 0 Å². The first-order valence-corrected chi connectivity index (χ1v) is 6.61. The topological polar surface area (TPSA) is 98.6 Å². The summed E-state index contributed by atoms with van der Waals surface area (Å²) >= 11 is 21.5. The Kier molecular flexibility index (Phi) is 5.68. The van der Waals surface area contributed by atoms with Crippen LogP contribution in [0.25, 0.3) is 0 Å². The molecule has 0 spiro atoms. The normalized spacial score (nSPS) is 13.1. The zero-order valence-corrected chi connectivity index (χ0v) is 13.3. The Labute approximate surface area is 144 Å². The second kappa shape index (κ2) is 6.63. The highest BCUT2D eigenvalue weighted by Crippen LogP contribution is 2.44. The van der Waals surface area contributed by atoms with Crippen molar-refractivity contribution in [1.82, 2.24) is 0 Å². The van der Waals surface area contributed by atoms with Crippen molar-refractivity contribution in [2.45, 2.75) is 9.97 Å². The van der Waals surface area contributed by atoms with Crippen LogP contribution in [0, 0.1) is 20.2 Å². The van der Waals surface area contributed by atoms with Gasteiger partial charge in [0.05, 0.1) is 15.4 Å². The van der Waals surface area contributed by atoms with Gasteiger partial charge in [-0.3, -0.25) is 20.2 Å². The average molecular weight is 415 g/mol. The number of nitro groups is 2. The molecule has 23 heavy (non-hydrogen) atoms. The molecule has 14 heteroatoms. The van der Waals surface area contributed by atoms with E-state index in [2.05, 4.69) is 4.99 Å². The molecule has 126 valence electrons. The molecule has 0 N–H and O–H groups in total. The zero-order valence-electron chi connectivity index (χ0n) is 10.3. The summed E-state index contributed by atoms with van der Waals surface area (Å²) in [6.45, 7) is 0. The fourth-order valence-corrected chi connectivity index (χ4v) is 1.53. The summed E-state index contributed by atoms with van der Waals surface area (Å²) in [4.78, 5) is 22.4. The molecule has 0 heterocycles. The van der Waals surface area contributed by atoms with Crippen LogP contribution in [-0.4, -0.2) is 18.8 Å². The minimum Gasteiger partial charge on any atom is -0.258 e. The monoisotopic (exact) mass is 413 g/mol. The molecule has 0 aliphatic heterocycles. The van der Waals surface area contributed by atoms with Crippen LogP contribution >= 0.6 is 46.4 Å². The van der Waals surface area contributed by atoms with Crippen molar-refractivity contribution in [3.63, 3.8) is 0 Å². The standard InChI is InChI=1S/C9H2Cl4F3N3O4/c10-7(8(11,12)13)17-6-4(18(20)21)1-3(9(14,15)16)2-5(6)19(22)23/h1-2H. The summed E-state index contributed by atoms with van der Waals surface area (Å²) in [5, 5.41) is 20.9. The van der Waals surface area contributed by atoms with Gasteiger partial charge >= 0.3 is 17.6 Å². The predicted octanol–water partition coefficient (Wildman–Crippen LogP) is 5.16. The molecule has 0 saturated heterocycles. The van der Waals surface area contributed by atoms with Crippen LogP contribution in [0.5, 0.6) is 0 Å². The zero-order chi connectivity index (χ0) is 18.2. The summed E-state index contributed by atoms with van der Waals surface area (Å²) in [6.07, 6.45) is -5.06. The molecule has 0 saturated carbocycles. The SMILES string of the molecule is O=[N+]([O-])c1cc(C(F)(F)F)cc([N+](=O)[O-])c1N=C(Cl)C(Cl)(Cl)Cl. The summed E-state index contributed by atoms with van der Waals surface area (Å²) in [5.41, 5.74) is -5.33. The third-order valence-electron chi connectivity index (χ3n) is 2.23. The van der Waals surface area contributed by atoms with Gasteiger partial charge < -0.3 is 0 Å². The lowest BCUT2D eigenvalue weighted by Crippen LogP contribution is -2.12. The number of benzene rings is 1. The van der Waals surface area contributed by atoms with Crippen molar-refractivity contribution in [3.05, 3.63) is 37.9 Å². The Morgan fingerprint density at radius 3 is 1.70 bits per heavy atom. The van der Waals surface area contributed by atoms with E-state index in [4.69, 9.17) is 46.4 Å². The van der Waals surface area contributed by atoms with Crippen LogP contribution in [0.15, 0.2) is 17.1 Å². The number of nitrogens with zero attached hydrogens (tertiary/aromatic N) is 3. The minimum absolute atomic E-state index is 0.0639. The van der Waals surface area contributed by atoms with Gasteiger partial charge in [0.25, 0.3) is 0 Å². The van der Waals surface area contributed by atoms with E-state index < -0.39 is 47.6 Å². The van der Waals surface area contributed by atoms with Gasteiger partial charge in [-0.25, -0.2) is 4.99 Å². The number of nitro benzene ring substituents is 2. The Hall–Kier alpha value is -1.36. The van der Waals surface area contributed by atoms with Crippen LogP contribution in [0.4, 0.5) is 30.2 Å². The van der Waals surface area contributed by atoms with Crippen molar-refractivity contribution in [2.24, 2.45) is 4.99 Å². The number of rotatable bonds is 3. The molecule has 7 nitrogen and oxygen atoms in total. The fraction of sp³-hybridized carbons (Fsp3) is 0.222. The van der Waals surface area contributed by atoms with Crippen LogP contribution in [0.1, 0.15) is 5.56 Å². The molecule has 0 aromatic heterocycles. The van der Waals surface area contributed by atoms with Crippen molar-refractivity contribution < 1.29 is 23.0 Å². The average Bonchev–Trinajstić information content (AvgIpc) is 2.35. The lowest BCUT2D eigenvalue weighted by Gasteiger charge is -2.10. The van der Waals surface area contributed by atoms with E-state index in [1.165, 1.54) is 0 Å². The lowest BCUT2D eigenvalue weighted by molar-refractivity contribution is -0.392. The predicted molar refractivity (Wildman–Crippen MR) is 78.0 cm³/mol. The quantitative estimate of drug-likeness (QED) is 0.295. The smallest absolute Gasteiger partial charge is 0.258 e. The molecule has 1 aromatic rings. The number of alkyl halides is 6. The van der Waals surface area contributed by atoms with E-state index in [9.17, 15) is 33.4 Å². The Balaban J connectivity index is 3.81. The van der Waals surface area contributed by atoms with Crippen molar-refractivity contribution in [2.75, 3.05) is 0 Å². The molecular formula is C9H2Cl4F3N3O4. The van der Waals surface area contributed by atoms with Crippen LogP contribution in [0.3, 0.4) is 0 Å². The molecule has 0 aliphatic carbocycles. The number of aliphatic imine (C=N–C) groups is 1. The summed E-state index contributed by atoms with van der Waals surface area (Å²) in [7, 11) is 0. The summed E-state index contributed by atoms with van der Waals surface area (Å²) in [5.74, 6) is 0. The highest BCUT2D eigenvalue weighted by Gasteiger charge is 2.38. The van der Waals surface area contributed by atoms with Crippen molar-refractivity contribution >= 4 is 68.6 Å². The molecule has 0 amide bonds.